The fourth-order valence-corrected chi connectivity index (χ4v) is 0.866. The molecule has 0 aliphatic rings. The highest BCUT2D eigenvalue weighted by Gasteiger charge is 2.18. The van der Waals surface area contributed by atoms with Crippen LogP contribution in [0.1, 0.15) is 6.92 Å². The molecule has 98 valence electrons. The lowest BCUT2D eigenvalue weighted by molar-refractivity contribution is -0.119. The van der Waals surface area contributed by atoms with Gasteiger partial charge in [0.2, 0.25) is 5.91 Å². The summed E-state index contributed by atoms with van der Waals surface area (Å²) in [6, 6.07) is 1.20. The number of benzene rings is 1. The third-order valence-corrected chi connectivity index (χ3v) is 1.48. The fraction of sp³-hybridized carbons (Fsp3) is 0.125. The molecule has 0 aromatic heterocycles. The number of hydrazine groups is 1. The summed E-state index contributed by atoms with van der Waals surface area (Å²) < 4.78 is 50.9. The van der Waals surface area contributed by atoms with Crippen molar-refractivity contribution >= 4 is 11.6 Å². The number of carbonyl (C=O) groups excluding carboxylic acids is 1. The number of nitrogens with zero attached hydrogens (tertiary/aromatic N) is 3. The third kappa shape index (κ3) is 4.18. The molecule has 0 aliphatic heterocycles. The normalized spacial score (nSPS) is 8.72. The Kier molecular flexibility index (Phi) is 6.01. The highest BCUT2D eigenvalue weighted by atomic mass is 19.2. The van der Waals surface area contributed by atoms with Gasteiger partial charge in [0.05, 0.1) is 0 Å². The molecule has 1 aromatic carbocycles. The van der Waals surface area contributed by atoms with Gasteiger partial charge in [0.15, 0.2) is 17.5 Å². The van der Waals surface area contributed by atoms with Gasteiger partial charge in [-0.1, -0.05) is 4.48 Å². The smallest absolute Gasteiger partial charge is 0.237 e. The van der Waals surface area contributed by atoms with Crippen LogP contribution in [-0.4, -0.2) is 5.91 Å². The van der Waals surface area contributed by atoms with Crippen molar-refractivity contribution in [3.05, 3.63) is 40.0 Å². The number of nitrogens with one attached hydrogen (secondary N) is 2. The molecule has 1 rings (SSSR count). The Morgan fingerprint density at radius 2 is 1.89 bits per heavy atom. The van der Waals surface area contributed by atoms with Gasteiger partial charge >= 0.3 is 0 Å². The summed E-state index contributed by atoms with van der Waals surface area (Å²) in [5.41, 5.74) is 12.9. The van der Waals surface area contributed by atoms with Crippen LogP contribution < -0.4 is 10.7 Å². The summed E-state index contributed by atoms with van der Waals surface area (Å²) in [7, 11) is 0. The first-order chi connectivity index (χ1) is 8.34. The van der Waals surface area contributed by atoms with E-state index < -0.39 is 34.3 Å². The Morgan fingerprint density at radius 3 is 2.33 bits per heavy atom. The minimum Gasteiger partial charge on any atom is -0.274 e. The van der Waals surface area contributed by atoms with Gasteiger partial charge in [0.25, 0.3) is 0 Å². The van der Waals surface area contributed by atoms with Crippen LogP contribution in [0, 0.1) is 23.0 Å². The molecule has 0 spiro atoms. The summed E-state index contributed by atoms with van der Waals surface area (Å²) in [6.07, 6.45) is 0. The van der Waals surface area contributed by atoms with Crippen LogP contribution in [0.4, 0.5) is 23.3 Å². The second-order valence-electron chi connectivity index (χ2n) is 2.74. The molecule has 0 aliphatic carbocycles. The number of anilines is 1. The Balaban J connectivity index is 0.000000873. The minimum absolute atomic E-state index is 0.528. The zero-order chi connectivity index (χ0) is 14.3. The lowest BCUT2D eigenvalue weighted by atomic mass is 10.3. The van der Waals surface area contributed by atoms with Gasteiger partial charge in [0, 0.05) is 6.92 Å². The van der Waals surface area contributed by atoms with Crippen molar-refractivity contribution in [2.24, 2.45) is 0 Å². The summed E-state index contributed by atoms with van der Waals surface area (Å²) in [5.74, 6) is -5.78. The molecule has 0 atom stereocenters. The Bertz CT molecular complexity index is 475. The van der Waals surface area contributed by atoms with Crippen LogP contribution in [0.3, 0.4) is 0 Å². The molecule has 0 bridgehead atoms. The second kappa shape index (κ2) is 6.97. The van der Waals surface area contributed by atoms with Gasteiger partial charge < -0.3 is 0 Å². The molecular weight excluding hydrogens is 258 g/mol. The van der Waals surface area contributed by atoms with Crippen LogP contribution in [0.5, 0.6) is 0 Å². The lowest BCUT2D eigenvalue weighted by Gasteiger charge is -2.14. The zero-order valence-corrected chi connectivity index (χ0v) is 8.92. The molecule has 6 nitrogen and oxygen atoms in total. The molecule has 1 aromatic rings. The third-order valence-electron chi connectivity index (χ3n) is 1.48. The molecule has 0 fully saturated rings. The first kappa shape index (κ1) is 15.5. The van der Waals surface area contributed by atoms with E-state index in [0.717, 1.165) is 6.92 Å². The number of hydrogen-bond donors (Lipinski definition) is 2. The van der Waals surface area contributed by atoms with E-state index in [-0.39, 0.29) is 0 Å². The lowest BCUT2D eigenvalue weighted by Crippen LogP contribution is -2.35. The molecule has 0 saturated heterocycles. The summed E-state index contributed by atoms with van der Waals surface area (Å²) in [5, 5.41) is -0.528. The van der Waals surface area contributed by atoms with Crippen molar-refractivity contribution in [2.75, 3.05) is 5.23 Å². The Hall–Kier alpha value is -2.48. The first-order valence-corrected chi connectivity index (χ1v) is 4.22. The van der Waals surface area contributed by atoms with Gasteiger partial charge in [-0.05, 0) is 22.6 Å². The van der Waals surface area contributed by atoms with Gasteiger partial charge in [-0.3, -0.25) is 4.79 Å². The van der Waals surface area contributed by atoms with E-state index in [0.29, 0.717) is 12.1 Å². The van der Waals surface area contributed by atoms with Crippen LogP contribution in [0.25, 0.3) is 10.4 Å². The monoisotopic (exact) mass is 265 g/mol. The zero-order valence-electron chi connectivity index (χ0n) is 8.92. The maximum atomic E-state index is 12.9. The van der Waals surface area contributed by atoms with Crippen molar-refractivity contribution in [3.63, 3.8) is 0 Å². The molecule has 0 radical (unpaired) electrons. The summed E-state index contributed by atoms with van der Waals surface area (Å²) in [6.45, 7) is 0.977. The van der Waals surface area contributed by atoms with Gasteiger partial charge in [-0.2, -0.15) is 0 Å². The molecular formula is C8H7F4N5O. The van der Waals surface area contributed by atoms with Crippen molar-refractivity contribution in [3.8, 4) is 0 Å². The van der Waals surface area contributed by atoms with Crippen LogP contribution in [-0.2, 0) is 4.79 Å². The standard InChI is InChI=1S/C8H6F4N2O.HN3/c1-4(15)13-14(12)6-3-2-5(9)7(10)8(6)11;1-3-2/h2-3H,1H3,(H,13,15);1H. The quantitative estimate of drug-likeness (QED) is 0.164. The van der Waals surface area contributed by atoms with Gasteiger partial charge in [-0.15, -0.1) is 10.8 Å². The van der Waals surface area contributed by atoms with Crippen molar-refractivity contribution in [1.82, 2.24) is 5.43 Å². The maximum absolute atomic E-state index is 12.9. The van der Waals surface area contributed by atoms with Gasteiger partial charge in [-0.25, -0.2) is 18.6 Å². The van der Waals surface area contributed by atoms with Crippen LogP contribution >= 0.6 is 0 Å². The van der Waals surface area contributed by atoms with Crippen molar-refractivity contribution in [1.29, 1.82) is 5.53 Å². The largest absolute Gasteiger partial charge is 0.274 e. The summed E-state index contributed by atoms with van der Waals surface area (Å²) >= 11 is 0. The average Bonchev–Trinajstić information content (AvgIpc) is 2.26. The Morgan fingerprint density at radius 1 is 1.39 bits per heavy atom. The SMILES string of the molecule is CC(=O)NN(F)c1ccc(F)c(F)c1F.[N-]=[N+]=N. The average molecular weight is 265 g/mol. The maximum Gasteiger partial charge on any atom is 0.237 e. The second-order valence-corrected chi connectivity index (χ2v) is 2.74. The highest BCUT2D eigenvalue weighted by molar-refractivity contribution is 5.74. The molecule has 2 N–H and O–H groups in total. The van der Waals surface area contributed by atoms with E-state index in [1.165, 1.54) is 0 Å². The van der Waals surface area contributed by atoms with E-state index in [2.05, 4.69) is 0 Å². The van der Waals surface area contributed by atoms with E-state index >= 15 is 0 Å². The topological polar surface area (TPSA) is 92.6 Å². The fourth-order valence-electron chi connectivity index (χ4n) is 0.866. The van der Waals surface area contributed by atoms with E-state index in [1.54, 1.807) is 10.3 Å². The number of rotatable bonds is 2. The molecule has 18 heavy (non-hydrogen) atoms. The predicted molar refractivity (Wildman–Crippen MR) is 53.2 cm³/mol. The van der Waals surface area contributed by atoms with Crippen molar-refractivity contribution < 1.29 is 22.4 Å². The number of carbonyl (C=O) groups is 1. The molecule has 0 saturated carbocycles. The van der Waals surface area contributed by atoms with E-state index in [4.69, 9.17) is 11.1 Å². The highest BCUT2D eigenvalue weighted by Crippen LogP contribution is 2.22. The number of halogens is 4. The first-order valence-electron chi connectivity index (χ1n) is 4.22. The summed E-state index contributed by atoms with van der Waals surface area (Å²) in [4.78, 5) is 12.2. The molecule has 0 heterocycles. The number of amides is 1. The molecule has 10 heteroatoms. The van der Waals surface area contributed by atoms with Crippen LogP contribution in [0.15, 0.2) is 12.1 Å². The predicted octanol–water partition coefficient (Wildman–Crippen LogP) is 2.72. The van der Waals surface area contributed by atoms with E-state index in [9.17, 15) is 22.4 Å². The number of hydrogen-bond acceptors (Lipinski definition) is 3. The minimum atomic E-state index is -1.81. The Labute approximate surface area is 98.1 Å². The molecule has 1 amide bonds. The van der Waals surface area contributed by atoms with Crippen molar-refractivity contribution in [2.45, 2.75) is 6.92 Å². The van der Waals surface area contributed by atoms with Crippen LogP contribution in [0.2, 0.25) is 0 Å². The molecule has 0 unspecified atom stereocenters. The van der Waals surface area contributed by atoms with E-state index in [1.807, 2.05) is 0 Å². The van der Waals surface area contributed by atoms with Gasteiger partial charge in [0.1, 0.15) is 5.69 Å².